The van der Waals surface area contributed by atoms with Crippen LogP contribution in [0.5, 0.6) is 0 Å². The van der Waals surface area contributed by atoms with E-state index in [4.69, 9.17) is 0 Å². The van der Waals surface area contributed by atoms with E-state index in [1.54, 1.807) is 6.92 Å². The van der Waals surface area contributed by atoms with E-state index in [0.717, 1.165) is 29.7 Å². The molecule has 0 bridgehead atoms. The first-order chi connectivity index (χ1) is 11.0. The summed E-state index contributed by atoms with van der Waals surface area (Å²) in [6, 6.07) is 5.50. The largest absolute Gasteiger partial charge is 0.469 e. The van der Waals surface area contributed by atoms with E-state index in [1.165, 1.54) is 18.2 Å². The van der Waals surface area contributed by atoms with Crippen LogP contribution in [0.2, 0.25) is 0 Å². The van der Waals surface area contributed by atoms with Crippen LogP contribution < -0.4 is 5.32 Å². The van der Waals surface area contributed by atoms with Gasteiger partial charge in [0.15, 0.2) is 0 Å². The molecule has 6 heteroatoms. The summed E-state index contributed by atoms with van der Waals surface area (Å²) in [6.45, 7) is 1.74. The molecule has 122 valence electrons. The number of amides is 3. The first kappa shape index (κ1) is 15.5. The number of nitrogens with one attached hydrogen (secondary N) is 1. The number of aryl methyl sites for hydroxylation is 2. The number of hydrogen-bond donors (Lipinski definition) is 1. The fourth-order valence-corrected chi connectivity index (χ4v) is 3.28. The predicted octanol–water partition coefficient (Wildman–Crippen LogP) is 1.51. The highest BCUT2D eigenvalue weighted by atomic mass is 16.5. The molecule has 0 aromatic heterocycles. The Kier molecular flexibility index (Phi) is 3.83. The maximum atomic E-state index is 12.7. The van der Waals surface area contributed by atoms with Gasteiger partial charge >= 0.3 is 12.0 Å². The minimum absolute atomic E-state index is 0.00404. The number of imide groups is 1. The molecule has 1 fully saturated rings. The van der Waals surface area contributed by atoms with Crippen molar-refractivity contribution >= 4 is 17.9 Å². The predicted molar refractivity (Wildman–Crippen MR) is 82.7 cm³/mol. The number of ether oxygens (including phenoxy) is 1. The molecular formula is C17H20N2O4. The molecule has 1 saturated heterocycles. The topological polar surface area (TPSA) is 75.7 Å². The summed E-state index contributed by atoms with van der Waals surface area (Å²) in [4.78, 5) is 37.2. The van der Waals surface area contributed by atoms with Crippen LogP contribution in [0.3, 0.4) is 0 Å². The summed E-state index contributed by atoms with van der Waals surface area (Å²) < 4.78 is 4.56. The zero-order valence-electron chi connectivity index (χ0n) is 13.3. The van der Waals surface area contributed by atoms with Gasteiger partial charge in [0, 0.05) is 6.54 Å². The van der Waals surface area contributed by atoms with Crippen LogP contribution in [0.4, 0.5) is 4.79 Å². The van der Waals surface area contributed by atoms with E-state index in [1.807, 2.05) is 18.2 Å². The SMILES string of the molecule is COC(=O)CCN1C(=O)N[C@@](C)(c2ccc3c(c2)CCC3)C1=O. The molecule has 1 aliphatic carbocycles. The van der Waals surface area contributed by atoms with Gasteiger partial charge in [0.1, 0.15) is 5.54 Å². The van der Waals surface area contributed by atoms with Crippen molar-refractivity contribution in [1.29, 1.82) is 0 Å². The number of nitrogens with zero attached hydrogens (tertiary/aromatic N) is 1. The fourth-order valence-electron chi connectivity index (χ4n) is 3.28. The normalized spacial score (nSPS) is 23.0. The second kappa shape index (κ2) is 5.68. The van der Waals surface area contributed by atoms with Gasteiger partial charge < -0.3 is 10.1 Å². The van der Waals surface area contributed by atoms with Crippen LogP contribution >= 0.6 is 0 Å². The van der Waals surface area contributed by atoms with Crippen LogP contribution in [0, 0.1) is 0 Å². The Hall–Kier alpha value is -2.37. The van der Waals surface area contributed by atoms with Crippen molar-refractivity contribution in [3.63, 3.8) is 0 Å². The Labute approximate surface area is 134 Å². The molecule has 3 amide bonds. The number of rotatable bonds is 4. The van der Waals surface area contributed by atoms with Crippen LogP contribution in [0.25, 0.3) is 0 Å². The lowest BCUT2D eigenvalue weighted by Crippen LogP contribution is -2.41. The molecule has 1 aliphatic heterocycles. The van der Waals surface area contributed by atoms with Gasteiger partial charge in [0.2, 0.25) is 0 Å². The lowest BCUT2D eigenvalue weighted by Gasteiger charge is -2.23. The van der Waals surface area contributed by atoms with E-state index in [2.05, 4.69) is 10.1 Å². The first-order valence-corrected chi connectivity index (χ1v) is 7.79. The zero-order valence-corrected chi connectivity index (χ0v) is 13.3. The maximum absolute atomic E-state index is 12.7. The molecule has 1 N–H and O–H groups in total. The summed E-state index contributed by atoms with van der Waals surface area (Å²) in [5, 5.41) is 2.76. The zero-order chi connectivity index (χ0) is 16.6. The highest BCUT2D eigenvalue weighted by molar-refractivity contribution is 6.07. The maximum Gasteiger partial charge on any atom is 0.325 e. The van der Waals surface area contributed by atoms with Crippen molar-refractivity contribution < 1.29 is 19.1 Å². The molecule has 0 saturated carbocycles. The van der Waals surface area contributed by atoms with Gasteiger partial charge in [-0.3, -0.25) is 14.5 Å². The molecule has 6 nitrogen and oxygen atoms in total. The number of urea groups is 1. The third-order valence-electron chi connectivity index (χ3n) is 4.72. The number of methoxy groups -OCH3 is 1. The average molecular weight is 316 g/mol. The second-order valence-corrected chi connectivity index (χ2v) is 6.18. The number of esters is 1. The van der Waals surface area contributed by atoms with Crippen molar-refractivity contribution in [2.45, 2.75) is 38.1 Å². The van der Waals surface area contributed by atoms with Gasteiger partial charge in [-0.1, -0.05) is 18.2 Å². The molecular weight excluding hydrogens is 296 g/mol. The van der Waals surface area contributed by atoms with Crippen LogP contribution in [0.1, 0.15) is 36.5 Å². The molecule has 3 rings (SSSR count). The number of benzene rings is 1. The van der Waals surface area contributed by atoms with Gasteiger partial charge in [0.05, 0.1) is 13.5 Å². The third-order valence-corrected chi connectivity index (χ3v) is 4.72. The molecule has 0 unspecified atom stereocenters. The van der Waals surface area contributed by atoms with Gasteiger partial charge in [-0.15, -0.1) is 0 Å². The summed E-state index contributed by atoms with van der Waals surface area (Å²) in [5.74, 6) is -0.777. The standard InChI is InChI=1S/C17H20N2O4/c1-17(13-7-6-11-4-3-5-12(11)10-13)15(21)19(16(22)18-17)9-8-14(20)23-2/h6-7,10H,3-5,8-9H2,1-2H3,(H,18,22)/t17-/m0/s1. The van der Waals surface area contributed by atoms with Crippen LogP contribution in [-0.4, -0.2) is 36.5 Å². The van der Waals surface area contributed by atoms with E-state index in [9.17, 15) is 14.4 Å². The number of carbonyl (C=O) groups excluding carboxylic acids is 3. The fraction of sp³-hybridized carbons (Fsp3) is 0.471. The first-order valence-electron chi connectivity index (χ1n) is 7.79. The monoisotopic (exact) mass is 316 g/mol. The molecule has 2 aliphatic rings. The smallest absolute Gasteiger partial charge is 0.325 e. The van der Waals surface area contributed by atoms with Gasteiger partial charge in [-0.25, -0.2) is 4.79 Å². The van der Waals surface area contributed by atoms with Crippen LogP contribution in [0.15, 0.2) is 18.2 Å². The Morgan fingerprint density at radius 2 is 2.04 bits per heavy atom. The number of hydrogen-bond acceptors (Lipinski definition) is 4. The van der Waals surface area contributed by atoms with E-state index in [0.29, 0.717) is 0 Å². The summed E-state index contributed by atoms with van der Waals surface area (Å²) in [7, 11) is 1.28. The number of fused-ring (bicyclic) bond motifs is 1. The van der Waals surface area contributed by atoms with Crippen LogP contribution in [-0.2, 0) is 32.7 Å². The minimum atomic E-state index is -1.08. The van der Waals surface area contributed by atoms with Gasteiger partial charge in [0.25, 0.3) is 5.91 Å². The Balaban J connectivity index is 1.83. The minimum Gasteiger partial charge on any atom is -0.469 e. The lowest BCUT2D eigenvalue weighted by atomic mass is 9.89. The van der Waals surface area contributed by atoms with Gasteiger partial charge in [-0.05, 0) is 42.9 Å². The van der Waals surface area contributed by atoms with Crippen molar-refractivity contribution in [2.75, 3.05) is 13.7 Å². The Bertz CT molecular complexity index is 685. The Morgan fingerprint density at radius 3 is 2.78 bits per heavy atom. The molecule has 23 heavy (non-hydrogen) atoms. The highest BCUT2D eigenvalue weighted by Gasteiger charge is 2.49. The third kappa shape index (κ3) is 2.58. The molecule has 1 heterocycles. The summed E-state index contributed by atoms with van der Waals surface area (Å²) in [5.41, 5.74) is 2.28. The second-order valence-electron chi connectivity index (χ2n) is 6.18. The van der Waals surface area contributed by atoms with Crippen molar-refractivity contribution in [2.24, 2.45) is 0 Å². The van der Waals surface area contributed by atoms with Crippen molar-refractivity contribution in [3.05, 3.63) is 34.9 Å². The highest BCUT2D eigenvalue weighted by Crippen LogP contribution is 2.32. The van der Waals surface area contributed by atoms with Crippen molar-refractivity contribution in [3.8, 4) is 0 Å². The van der Waals surface area contributed by atoms with Crippen molar-refractivity contribution in [1.82, 2.24) is 10.2 Å². The van der Waals surface area contributed by atoms with Gasteiger partial charge in [-0.2, -0.15) is 0 Å². The lowest BCUT2D eigenvalue weighted by molar-refractivity contribution is -0.141. The average Bonchev–Trinajstić information content (AvgIpc) is 3.09. The van der Waals surface area contributed by atoms with E-state index in [-0.39, 0.29) is 18.9 Å². The molecule has 0 spiro atoms. The Morgan fingerprint density at radius 1 is 1.30 bits per heavy atom. The molecule has 1 atom stereocenters. The summed E-state index contributed by atoms with van der Waals surface area (Å²) >= 11 is 0. The molecule has 0 radical (unpaired) electrons. The quantitative estimate of drug-likeness (QED) is 0.675. The molecule has 1 aromatic carbocycles. The van der Waals surface area contributed by atoms with E-state index >= 15 is 0 Å². The molecule has 1 aromatic rings. The summed E-state index contributed by atoms with van der Waals surface area (Å²) in [6.07, 6.45) is 3.20. The van der Waals surface area contributed by atoms with E-state index < -0.39 is 17.5 Å². The number of carbonyl (C=O) groups is 3.